The van der Waals surface area contributed by atoms with Gasteiger partial charge in [0.05, 0.1) is 11.3 Å². The van der Waals surface area contributed by atoms with Crippen molar-refractivity contribution in [3.05, 3.63) is 59.7 Å². The molecule has 0 bridgehead atoms. The molecule has 2 aliphatic rings. The monoisotopic (exact) mass is 390 g/mol. The predicted molar refractivity (Wildman–Crippen MR) is 109 cm³/mol. The second kappa shape index (κ2) is 8.72. The van der Waals surface area contributed by atoms with Crippen LogP contribution >= 0.6 is 12.6 Å². The average Bonchev–Trinajstić information content (AvgIpc) is 2.69. The molecule has 0 spiro atoms. The van der Waals surface area contributed by atoms with Gasteiger partial charge in [0.25, 0.3) is 6.43 Å². The van der Waals surface area contributed by atoms with Crippen molar-refractivity contribution >= 4 is 17.7 Å². The zero-order chi connectivity index (χ0) is 19.4. The van der Waals surface area contributed by atoms with E-state index in [1.54, 1.807) is 12.2 Å². The Morgan fingerprint density at radius 2 is 1.78 bits per heavy atom. The van der Waals surface area contributed by atoms with Crippen molar-refractivity contribution < 1.29 is 13.6 Å². The van der Waals surface area contributed by atoms with Crippen LogP contribution in [0.25, 0.3) is 0 Å². The van der Waals surface area contributed by atoms with Crippen LogP contribution in [-0.4, -0.2) is 11.5 Å². The highest BCUT2D eigenvalue weighted by atomic mass is 32.1. The van der Waals surface area contributed by atoms with E-state index in [-0.39, 0.29) is 5.12 Å². The van der Waals surface area contributed by atoms with E-state index in [0.717, 1.165) is 24.3 Å². The highest BCUT2D eigenvalue weighted by Gasteiger charge is 2.41. The first-order valence-electron chi connectivity index (χ1n) is 9.97. The Kier molecular flexibility index (Phi) is 6.56. The zero-order valence-electron chi connectivity index (χ0n) is 15.8. The molecule has 0 aliphatic heterocycles. The number of thiol groups is 1. The second-order valence-electron chi connectivity index (χ2n) is 7.91. The van der Waals surface area contributed by atoms with Crippen LogP contribution in [0.15, 0.2) is 48.6 Å². The van der Waals surface area contributed by atoms with Crippen LogP contribution < -0.4 is 0 Å². The van der Waals surface area contributed by atoms with E-state index in [1.807, 2.05) is 24.3 Å². The fraction of sp³-hybridized carbons (Fsp3) is 0.522. The molecular formula is C23H28F2OS. The molecule has 1 nitrogen and oxygen atoms in total. The van der Waals surface area contributed by atoms with Crippen LogP contribution in [0.5, 0.6) is 0 Å². The minimum absolute atomic E-state index is 0.326. The van der Waals surface area contributed by atoms with E-state index in [9.17, 15) is 13.6 Å². The minimum atomic E-state index is -2.57. The summed E-state index contributed by atoms with van der Waals surface area (Å²) in [5.74, 6) is 0.576. The first-order chi connectivity index (χ1) is 13.0. The molecule has 0 atom stereocenters. The summed E-state index contributed by atoms with van der Waals surface area (Å²) >= 11 is 3.84. The fourth-order valence-electron chi connectivity index (χ4n) is 4.67. The summed E-state index contributed by atoms with van der Waals surface area (Å²) in [6.07, 6.45) is 10.5. The molecule has 4 heteroatoms. The summed E-state index contributed by atoms with van der Waals surface area (Å²) in [6, 6.07) is 7.63. The highest BCUT2D eigenvalue weighted by molar-refractivity contribution is 7.96. The van der Waals surface area contributed by atoms with Crippen LogP contribution in [0, 0.1) is 11.8 Å². The number of hydrogen-bond acceptors (Lipinski definition) is 1. The third kappa shape index (κ3) is 4.21. The van der Waals surface area contributed by atoms with Gasteiger partial charge in [0.15, 0.2) is 5.12 Å². The first kappa shape index (κ1) is 20.3. The second-order valence-corrected chi connectivity index (χ2v) is 8.35. The molecule has 1 fully saturated rings. The van der Waals surface area contributed by atoms with Crippen molar-refractivity contribution in [1.82, 2.24) is 0 Å². The van der Waals surface area contributed by atoms with Gasteiger partial charge in [-0.3, -0.25) is 4.79 Å². The normalized spacial score (nSPS) is 30.6. The Hall–Kier alpha value is -1.42. The Labute approximate surface area is 166 Å². The maximum atomic E-state index is 14.3. The van der Waals surface area contributed by atoms with Gasteiger partial charge in [-0.25, -0.2) is 8.78 Å². The summed E-state index contributed by atoms with van der Waals surface area (Å²) < 4.78 is 28.6. The lowest BCUT2D eigenvalue weighted by molar-refractivity contribution is -0.112. The maximum Gasteiger partial charge on any atom is 0.255 e. The first-order valence-corrected chi connectivity index (χ1v) is 10.4. The van der Waals surface area contributed by atoms with Crippen molar-refractivity contribution in [2.45, 2.75) is 63.2 Å². The van der Waals surface area contributed by atoms with Gasteiger partial charge < -0.3 is 0 Å². The number of allylic oxidation sites excluding steroid dienone is 4. The number of halogens is 2. The van der Waals surface area contributed by atoms with Crippen molar-refractivity contribution in [2.75, 3.05) is 0 Å². The molecule has 0 unspecified atom stereocenters. The van der Waals surface area contributed by atoms with Crippen molar-refractivity contribution in [1.29, 1.82) is 0 Å². The number of benzene rings is 1. The number of alkyl halides is 2. The number of carbonyl (C=O) groups excluding carboxylic acids is 1. The number of carbonyl (C=O) groups is 1. The fourth-order valence-corrected chi connectivity index (χ4v) is 4.84. The molecule has 0 radical (unpaired) electrons. The third-order valence-electron chi connectivity index (χ3n) is 6.22. The standard InChI is InChI=1S/C23H28F2OS/c1-2-5-16-8-10-17(11-9-16)19-6-3-4-7-20(19)23(22(24)25)14-12-18(13-15-23)21(26)27/h3-4,6-7,12-18,22H,2,5,8-11H2,1H3,(H,26,27)/t16-,17-,18?,23?. The van der Waals surface area contributed by atoms with Gasteiger partial charge in [-0.1, -0.05) is 68.3 Å². The van der Waals surface area contributed by atoms with Gasteiger partial charge in [-0.15, -0.1) is 12.6 Å². The van der Waals surface area contributed by atoms with Gasteiger partial charge in [0.1, 0.15) is 0 Å². The predicted octanol–water partition coefficient (Wildman–Crippen LogP) is 6.46. The van der Waals surface area contributed by atoms with Crippen LogP contribution in [-0.2, 0) is 10.2 Å². The lowest BCUT2D eigenvalue weighted by Crippen LogP contribution is -2.34. The highest BCUT2D eigenvalue weighted by Crippen LogP contribution is 2.45. The summed E-state index contributed by atoms with van der Waals surface area (Å²) in [5, 5.41) is -0.326. The van der Waals surface area contributed by atoms with Crippen molar-refractivity contribution in [3.8, 4) is 0 Å². The molecule has 0 aromatic heterocycles. The van der Waals surface area contributed by atoms with Crippen molar-refractivity contribution in [3.63, 3.8) is 0 Å². The SMILES string of the molecule is CCC[C@H]1CC[C@H](c2ccccc2C2(C(F)F)C=CC(C(=O)S)C=C2)CC1. The molecule has 2 aliphatic carbocycles. The quantitative estimate of drug-likeness (QED) is 0.435. The van der Waals surface area contributed by atoms with Gasteiger partial charge >= 0.3 is 0 Å². The lowest BCUT2D eigenvalue weighted by atomic mass is 9.69. The number of rotatable bonds is 6. The maximum absolute atomic E-state index is 14.3. The van der Waals surface area contributed by atoms with E-state index in [4.69, 9.17) is 0 Å². The van der Waals surface area contributed by atoms with Gasteiger partial charge in [-0.2, -0.15) is 0 Å². The lowest BCUT2D eigenvalue weighted by Gasteiger charge is -2.36. The van der Waals surface area contributed by atoms with E-state index in [1.165, 1.54) is 37.8 Å². The largest absolute Gasteiger partial charge is 0.286 e. The third-order valence-corrected chi connectivity index (χ3v) is 6.51. The summed E-state index contributed by atoms with van der Waals surface area (Å²) in [7, 11) is 0. The number of hydrogen-bond donors (Lipinski definition) is 1. The van der Waals surface area contributed by atoms with E-state index < -0.39 is 17.8 Å². The Bertz CT molecular complexity index is 703. The molecule has 0 saturated heterocycles. The van der Waals surface area contributed by atoms with E-state index in [2.05, 4.69) is 19.6 Å². The molecule has 27 heavy (non-hydrogen) atoms. The topological polar surface area (TPSA) is 17.1 Å². The zero-order valence-corrected chi connectivity index (χ0v) is 16.7. The Balaban J connectivity index is 1.92. The Morgan fingerprint density at radius 1 is 1.15 bits per heavy atom. The van der Waals surface area contributed by atoms with Gasteiger partial charge in [0, 0.05) is 0 Å². The Morgan fingerprint density at radius 3 is 2.33 bits per heavy atom. The molecule has 1 aromatic carbocycles. The van der Waals surface area contributed by atoms with Crippen LogP contribution in [0.2, 0.25) is 0 Å². The molecule has 3 rings (SSSR count). The van der Waals surface area contributed by atoms with Crippen LogP contribution in [0.1, 0.15) is 62.5 Å². The molecule has 0 N–H and O–H groups in total. The van der Waals surface area contributed by atoms with Gasteiger partial charge in [0.2, 0.25) is 0 Å². The van der Waals surface area contributed by atoms with Crippen LogP contribution in [0.4, 0.5) is 8.78 Å². The molecule has 1 saturated carbocycles. The van der Waals surface area contributed by atoms with Crippen molar-refractivity contribution in [2.24, 2.45) is 11.8 Å². The molecule has 1 aromatic rings. The summed E-state index contributed by atoms with van der Waals surface area (Å²) in [6.45, 7) is 2.22. The summed E-state index contributed by atoms with van der Waals surface area (Å²) in [5.41, 5.74) is 0.255. The average molecular weight is 391 g/mol. The smallest absolute Gasteiger partial charge is 0.255 e. The molecule has 146 valence electrons. The minimum Gasteiger partial charge on any atom is -0.286 e. The molecular weight excluding hydrogens is 362 g/mol. The summed E-state index contributed by atoms with van der Waals surface area (Å²) in [4.78, 5) is 11.5. The van der Waals surface area contributed by atoms with E-state index in [0.29, 0.717) is 11.5 Å². The van der Waals surface area contributed by atoms with Crippen LogP contribution in [0.3, 0.4) is 0 Å². The molecule has 0 amide bonds. The molecule has 0 heterocycles. The van der Waals surface area contributed by atoms with E-state index >= 15 is 0 Å². The van der Waals surface area contributed by atoms with Gasteiger partial charge in [-0.05, 0) is 48.6 Å².